The van der Waals surface area contributed by atoms with Gasteiger partial charge in [0.05, 0.1) is 19.3 Å². The predicted molar refractivity (Wildman–Crippen MR) is 71.9 cm³/mol. The van der Waals surface area contributed by atoms with Gasteiger partial charge in [-0.1, -0.05) is 0 Å². The molecule has 0 spiro atoms. The summed E-state index contributed by atoms with van der Waals surface area (Å²) in [4.78, 5) is 11.5. The Morgan fingerprint density at radius 1 is 1.42 bits per heavy atom. The Hall–Kier alpha value is -0.960. The second kappa shape index (κ2) is 6.00. The summed E-state index contributed by atoms with van der Waals surface area (Å²) in [6.07, 6.45) is 0. The van der Waals surface area contributed by atoms with Crippen LogP contribution in [-0.4, -0.2) is 40.8 Å². The Bertz CT molecular complexity index is 547. The molecule has 1 heterocycles. The molecule has 0 aliphatic heterocycles. The van der Waals surface area contributed by atoms with Gasteiger partial charge in [-0.2, -0.15) is 0 Å². The number of nitrogens with one attached hydrogen (secondary N) is 1. The van der Waals surface area contributed by atoms with Gasteiger partial charge in [0, 0.05) is 7.11 Å². The number of hydrogen-bond acceptors (Lipinski definition) is 6. The molecule has 1 rings (SSSR count). The van der Waals surface area contributed by atoms with Crippen LogP contribution >= 0.6 is 11.3 Å². The summed E-state index contributed by atoms with van der Waals surface area (Å²) < 4.78 is 36.5. The summed E-state index contributed by atoms with van der Waals surface area (Å²) in [6.45, 7) is 3.60. The fourth-order valence-corrected chi connectivity index (χ4v) is 4.29. The first-order valence-electron chi connectivity index (χ1n) is 5.42. The number of carbonyl (C=O) groups excluding carboxylic acids is 1. The quantitative estimate of drug-likeness (QED) is 0.800. The van der Waals surface area contributed by atoms with Gasteiger partial charge in [-0.15, -0.1) is 11.3 Å². The Labute approximate surface area is 116 Å². The van der Waals surface area contributed by atoms with E-state index in [2.05, 4.69) is 9.46 Å². The van der Waals surface area contributed by atoms with Crippen molar-refractivity contribution in [3.8, 4) is 0 Å². The van der Waals surface area contributed by atoms with E-state index in [1.165, 1.54) is 25.7 Å². The number of methoxy groups -OCH3 is 2. The Kier molecular flexibility index (Phi) is 5.08. The summed E-state index contributed by atoms with van der Waals surface area (Å²) in [7, 11) is -1.11. The molecular formula is C11H17NO5S2. The molecule has 0 saturated heterocycles. The third kappa shape index (κ3) is 4.00. The number of sulfonamides is 1. The van der Waals surface area contributed by atoms with Crippen LogP contribution in [0.15, 0.2) is 16.3 Å². The molecule has 0 atom stereocenters. The molecule has 0 unspecified atom stereocenters. The van der Waals surface area contributed by atoms with Crippen LogP contribution in [0.4, 0.5) is 0 Å². The van der Waals surface area contributed by atoms with Crippen molar-refractivity contribution >= 4 is 27.3 Å². The number of rotatable bonds is 6. The van der Waals surface area contributed by atoms with E-state index in [4.69, 9.17) is 4.74 Å². The maximum Gasteiger partial charge on any atom is 0.349 e. The third-order valence-corrected chi connectivity index (χ3v) is 4.97. The first kappa shape index (κ1) is 16.1. The van der Waals surface area contributed by atoms with Crippen LogP contribution in [0.3, 0.4) is 0 Å². The molecule has 0 fully saturated rings. The highest BCUT2D eigenvalue weighted by molar-refractivity contribution is 7.89. The zero-order valence-electron chi connectivity index (χ0n) is 11.2. The zero-order valence-corrected chi connectivity index (χ0v) is 12.9. The molecule has 8 heteroatoms. The number of ether oxygens (including phenoxy) is 2. The molecule has 0 aliphatic carbocycles. The summed E-state index contributed by atoms with van der Waals surface area (Å²) in [5, 5.41) is 1.53. The van der Waals surface area contributed by atoms with Gasteiger partial charge in [0.25, 0.3) is 0 Å². The maximum absolute atomic E-state index is 12.3. The summed E-state index contributed by atoms with van der Waals surface area (Å²) in [5.74, 6) is -0.667. The molecule has 0 aliphatic rings. The minimum atomic E-state index is -3.80. The molecular weight excluding hydrogens is 290 g/mol. The SMILES string of the molecule is COCC(C)(C)NS(=O)(=O)c1ccsc1C(=O)OC. The minimum Gasteiger partial charge on any atom is -0.465 e. The average molecular weight is 307 g/mol. The van der Waals surface area contributed by atoms with Crippen molar-refractivity contribution in [1.29, 1.82) is 0 Å². The number of hydrogen-bond donors (Lipinski definition) is 1. The van der Waals surface area contributed by atoms with E-state index in [9.17, 15) is 13.2 Å². The van der Waals surface area contributed by atoms with Crippen molar-refractivity contribution in [2.24, 2.45) is 0 Å². The monoisotopic (exact) mass is 307 g/mol. The van der Waals surface area contributed by atoms with Crippen LogP contribution in [0.5, 0.6) is 0 Å². The largest absolute Gasteiger partial charge is 0.465 e. The van der Waals surface area contributed by atoms with Gasteiger partial charge in [0.1, 0.15) is 9.77 Å². The number of esters is 1. The zero-order chi connectivity index (χ0) is 14.7. The van der Waals surface area contributed by atoms with Crippen molar-refractivity contribution in [2.75, 3.05) is 20.8 Å². The lowest BCUT2D eigenvalue weighted by Crippen LogP contribution is -2.46. The van der Waals surface area contributed by atoms with Crippen LogP contribution in [0.2, 0.25) is 0 Å². The fraction of sp³-hybridized carbons (Fsp3) is 0.545. The third-order valence-electron chi connectivity index (χ3n) is 2.21. The number of carbonyl (C=O) groups is 1. The Morgan fingerprint density at radius 2 is 2.05 bits per heavy atom. The molecule has 108 valence electrons. The highest BCUT2D eigenvalue weighted by Gasteiger charge is 2.30. The fourth-order valence-electron chi connectivity index (χ4n) is 1.56. The lowest BCUT2D eigenvalue weighted by Gasteiger charge is -2.24. The molecule has 1 aromatic heterocycles. The lowest BCUT2D eigenvalue weighted by atomic mass is 10.1. The van der Waals surface area contributed by atoms with Crippen molar-refractivity contribution in [1.82, 2.24) is 4.72 Å². The van der Waals surface area contributed by atoms with Crippen molar-refractivity contribution in [3.05, 3.63) is 16.3 Å². The molecule has 1 N–H and O–H groups in total. The lowest BCUT2D eigenvalue weighted by molar-refractivity contribution is 0.0602. The van der Waals surface area contributed by atoms with E-state index in [0.29, 0.717) is 0 Å². The van der Waals surface area contributed by atoms with E-state index in [0.717, 1.165) is 11.3 Å². The molecule has 0 bridgehead atoms. The maximum atomic E-state index is 12.3. The van der Waals surface area contributed by atoms with Crippen molar-refractivity contribution < 1.29 is 22.7 Å². The Balaban J connectivity index is 3.08. The Morgan fingerprint density at radius 3 is 2.58 bits per heavy atom. The van der Waals surface area contributed by atoms with Gasteiger partial charge in [-0.3, -0.25) is 0 Å². The van der Waals surface area contributed by atoms with Crippen molar-refractivity contribution in [2.45, 2.75) is 24.3 Å². The van der Waals surface area contributed by atoms with Gasteiger partial charge >= 0.3 is 5.97 Å². The molecule has 1 aromatic rings. The van der Waals surface area contributed by atoms with Crippen LogP contribution in [0, 0.1) is 0 Å². The normalized spacial score (nSPS) is 12.4. The van der Waals surface area contributed by atoms with Crippen LogP contribution in [0.25, 0.3) is 0 Å². The topological polar surface area (TPSA) is 81.7 Å². The summed E-state index contributed by atoms with van der Waals surface area (Å²) in [6, 6.07) is 1.38. The highest BCUT2D eigenvalue weighted by Crippen LogP contribution is 2.24. The van der Waals surface area contributed by atoms with E-state index in [1.54, 1.807) is 13.8 Å². The summed E-state index contributed by atoms with van der Waals surface area (Å²) in [5.41, 5.74) is -0.775. The molecule has 19 heavy (non-hydrogen) atoms. The molecule has 0 amide bonds. The van der Waals surface area contributed by atoms with E-state index >= 15 is 0 Å². The van der Waals surface area contributed by atoms with Gasteiger partial charge < -0.3 is 9.47 Å². The van der Waals surface area contributed by atoms with E-state index < -0.39 is 21.5 Å². The molecule has 0 aromatic carbocycles. The molecule has 0 radical (unpaired) electrons. The smallest absolute Gasteiger partial charge is 0.349 e. The van der Waals surface area contributed by atoms with Gasteiger partial charge in [0.2, 0.25) is 10.0 Å². The molecule has 6 nitrogen and oxygen atoms in total. The van der Waals surface area contributed by atoms with E-state index in [-0.39, 0.29) is 16.4 Å². The van der Waals surface area contributed by atoms with Crippen molar-refractivity contribution in [3.63, 3.8) is 0 Å². The second-order valence-corrected chi connectivity index (χ2v) is 7.09. The van der Waals surface area contributed by atoms with E-state index in [1.807, 2.05) is 0 Å². The second-order valence-electron chi connectivity index (χ2n) is 4.53. The first-order valence-corrected chi connectivity index (χ1v) is 7.78. The van der Waals surface area contributed by atoms with Crippen LogP contribution in [-0.2, 0) is 19.5 Å². The summed E-state index contributed by atoms with van der Waals surface area (Å²) >= 11 is 1.02. The van der Waals surface area contributed by atoms with Crippen LogP contribution in [0.1, 0.15) is 23.5 Å². The number of thiophene rings is 1. The highest BCUT2D eigenvalue weighted by atomic mass is 32.2. The van der Waals surface area contributed by atoms with Gasteiger partial charge in [0.15, 0.2) is 0 Å². The first-order chi connectivity index (χ1) is 8.73. The van der Waals surface area contributed by atoms with Gasteiger partial charge in [-0.25, -0.2) is 17.9 Å². The minimum absolute atomic E-state index is 0.0585. The predicted octanol–water partition coefficient (Wildman–Crippen LogP) is 1.24. The standard InChI is InChI=1S/C11H17NO5S2/c1-11(2,7-16-3)12-19(14,15)8-5-6-18-9(8)10(13)17-4/h5-6,12H,7H2,1-4H3. The van der Waals surface area contributed by atoms with Crippen LogP contribution < -0.4 is 4.72 Å². The van der Waals surface area contributed by atoms with Gasteiger partial charge in [-0.05, 0) is 25.3 Å². The molecule has 0 saturated carbocycles. The average Bonchev–Trinajstić information content (AvgIpc) is 2.75.